The van der Waals surface area contributed by atoms with Gasteiger partial charge in [-0.15, -0.1) is 0 Å². The summed E-state index contributed by atoms with van der Waals surface area (Å²) in [5.41, 5.74) is 0. The van der Waals surface area contributed by atoms with Crippen LogP contribution in [0.15, 0.2) is 4.99 Å². The van der Waals surface area contributed by atoms with Crippen molar-refractivity contribution >= 4 is 5.96 Å². The third-order valence-corrected chi connectivity index (χ3v) is 6.07. The number of piperidine rings is 1. The Labute approximate surface area is 153 Å². The van der Waals surface area contributed by atoms with Crippen LogP contribution < -0.4 is 5.32 Å². The summed E-state index contributed by atoms with van der Waals surface area (Å²) < 4.78 is 5.49. The molecule has 6 nitrogen and oxygen atoms in total. The number of nitrogens with zero attached hydrogens (tertiary/aromatic N) is 4. The zero-order chi connectivity index (χ0) is 17.6. The number of nitrogens with one attached hydrogen (secondary N) is 1. The van der Waals surface area contributed by atoms with Crippen molar-refractivity contribution in [2.24, 2.45) is 10.9 Å². The Balaban J connectivity index is 1.45. The van der Waals surface area contributed by atoms with Crippen LogP contribution >= 0.6 is 0 Å². The molecule has 3 aliphatic rings. The molecule has 3 aliphatic heterocycles. The standard InChI is InChI=1S/C19H37N5O/c1-16(2)23-7-4-5-17(14-23)13-21-19(20-3)24-8-6-18(15-24)22-9-11-25-12-10-22/h16-18H,4-15H2,1-3H3,(H,20,21). The van der Waals surface area contributed by atoms with Gasteiger partial charge in [0.1, 0.15) is 0 Å². The summed E-state index contributed by atoms with van der Waals surface area (Å²) in [5, 5.41) is 3.67. The van der Waals surface area contributed by atoms with Crippen molar-refractivity contribution in [3.63, 3.8) is 0 Å². The smallest absolute Gasteiger partial charge is 0.193 e. The number of hydrogen-bond acceptors (Lipinski definition) is 4. The predicted octanol–water partition coefficient (Wildman–Crippen LogP) is 1.09. The first-order chi connectivity index (χ1) is 12.2. The van der Waals surface area contributed by atoms with E-state index in [2.05, 4.69) is 38.9 Å². The van der Waals surface area contributed by atoms with E-state index in [0.29, 0.717) is 12.1 Å². The fourth-order valence-electron chi connectivity index (χ4n) is 4.48. The largest absolute Gasteiger partial charge is 0.379 e. The molecule has 0 saturated carbocycles. The highest BCUT2D eigenvalue weighted by Gasteiger charge is 2.30. The molecule has 3 saturated heterocycles. The lowest BCUT2D eigenvalue weighted by Crippen LogP contribution is -2.48. The fraction of sp³-hybridized carbons (Fsp3) is 0.947. The number of hydrogen-bond donors (Lipinski definition) is 1. The minimum absolute atomic E-state index is 0.661. The molecular weight excluding hydrogens is 314 g/mol. The minimum atomic E-state index is 0.661. The van der Waals surface area contributed by atoms with Crippen LogP contribution in [-0.4, -0.2) is 98.8 Å². The van der Waals surface area contributed by atoms with Crippen molar-refractivity contribution in [1.29, 1.82) is 0 Å². The van der Waals surface area contributed by atoms with Gasteiger partial charge in [-0.1, -0.05) is 0 Å². The molecule has 0 aliphatic carbocycles. The van der Waals surface area contributed by atoms with Gasteiger partial charge in [-0.05, 0) is 45.6 Å². The van der Waals surface area contributed by atoms with Gasteiger partial charge in [0.15, 0.2) is 5.96 Å². The topological polar surface area (TPSA) is 43.3 Å². The molecular formula is C19H37N5O. The molecule has 0 spiro atoms. The lowest BCUT2D eigenvalue weighted by Gasteiger charge is -2.36. The van der Waals surface area contributed by atoms with E-state index in [1.54, 1.807) is 0 Å². The molecule has 3 fully saturated rings. The summed E-state index contributed by atoms with van der Waals surface area (Å²) in [4.78, 5) is 12.2. The fourth-order valence-corrected chi connectivity index (χ4v) is 4.48. The first-order valence-electron chi connectivity index (χ1n) is 10.2. The van der Waals surface area contributed by atoms with Crippen LogP contribution in [0.2, 0.25) is 0 Å². The van der Waals surface area contributed by atoms with Crippen molar-refractivity contribution in [3.05, 3.63) is 0 Å². The Kier molecular flexibility index (Phi) is 6.96. The van der Waals surface area contributed by atoms with E-state index in [4.69, 9.17) is 4.74 Å². The predicted molar refractivity (Wildman–Crippen MR) is 103 cm³/mol. The molecule has 0 aromatic rings. The molecule has 0 aromatic carbocycles. The highest BCUT2D eigenvalue weighted by molar-refractivity contribution is 5.80. The van der Waals surface area contributed by atoms with Crippen molar-refractivity contribution < 1.29 is 4.74 Å². The summed E-state index contributed by atoms with van der Waals surface area (Å²) in [6.07, 6.45) is 3.90. The quantitative estimate of drug-likeness (QED) is 0.607. The van der Waals surface area contributed by atoms with Gasteiger partial charge in [-0.2, -0.15) is 0 Å². The summed E-state index contributed by atoms with van der Waals surface area (Å²) in [7, 11) is 1.92. The van der Waals surface area contributed by atoms with Gasteiger partial charge in [-0.3, -0.25) is 9.89 Å². The first kappa shape index (κ1) is 18.9. The maximum absolute atomic E-state index is 5.49. The lowest BCUT2D eigenvalue weighted by molar-refractivity contribution is 0.0194. The molecule has 25 heavy (non-hydrogen) atoms. The molecule has 0 radical (unpaired) electrons. The normalized spacial score (nSPS) is 30.2. The van der Waals surface area contributed by atoms with Gasteiger partial charge in [0, 0.05) is 58.4 Å². The Morgan fingerprint density at radius 3 is 2.64 bits per heavy atom. The number of guanidine groups is 1. The number of ether oxygens (including phenoxy) is 1. The molecule has 3 rings (SSSR count). The molecule has 0 bridgehead atoms. The highest BCUT2D eigenvalue weighted by Crippen LogP contribution is 2.19. The Hall–Kier alpha value is -0.850. The third-order valence-electron chi connectivity index (χ3n) is 6.07. The summed E-state index contributed by atoms with van der Waals surface area (Å²) in [6.45, 7) is 14.3. The van der Waals surface area contributed by atoms with Gasteiger partial charge >= 0.3 is 0 Å². The van der Waals surface area contributed by atoms with Gasteiger partial charge in [0.25, 0.3) is 0 Å². The van der Waals surface area contributed by atoms with Gasteiger partial charge in [0.2, 0.25) is 0 Å². The van der Waals surface area contributed by atoms with Crippen molar-refractivity contribution in [2.75, 3.05) is 66.1 Å². The van der Waals surface area contributed by atoms with Gasteiger partial charge in [-0.25, -0.2) is 0 Å². The molecule has 0 amide bonds. The van der Waals surface area contributed by atoms with Crippen molar-refractivity contribution in [2.45, 2.75) is 45.2 Å². The number of likely N-dealkylation sites (tertiary alicyclic amines) is 2. The number of aliphatic imine (C=N–C) groups is 1. The van der Waals surface area contributed by atoms with E-state index < -0.39 is 0 Å². The summed E-state index contributed by atoms with van der Waals surface area (Å²) >= 11 is 0. The highest BCUT2D eigenvalue weighted by atomic mass is 16.5. The van der Waals surface area contributed by atoms with E-state index >= 15 is 0 Å². The van der Waals surface area contributed by atoms with Crippen LogP contribution in [0.25, 0.3) is 0 Å². The Bertz CT molecular complexity index is 436. The number of rotatable bonds is 4. The molecule has 2 unspecified atom stereocenters. The molecule has 6 heteroatoms. The molecule has 1 N–H and O–H groups in total. The first-order valence-corrected chi connectivity index (χ1v) is 10.2. The number of morpholine rings is 1. The van der Waals surface area contributed by atoms with Crippen LogP contribution in [0, 0.1) is 5.92 Å². The van der Waals surface area contributed by atoms with Crippen LogP contribution in [0.3, 0.4) is 0 Å². The molecule has 144 valence electrons. The van der Waals surface area contributed by atoms with Gasteiger partial charge in [0.05, 0.1) is 13.2 Å². The van der Waals surface area contributed by atoms with E-state index in [1.165, 1.54) is 32.4 Å². The molecule has 2 atom stereocenters. The average molecular weight is 352 g/mol. The van der Waals surface area contributed by atoms with E-state index in [0.717, 1.165) is 57.8 Å². The minimum Gasteiger partial charge on any atom is -0.379 e. The second-order valence-corrected chi connectivity index (χ2v) is 8.06. The maximum Gasteiger partial charge on any atom is 0.193 e. The SMILES string of the molecule is CN=C(NCC1CCCN(C(C)C)C1)N1CCC(N2CCOCC2)C1. The average Bonchev–Trinajstić information content (AvgIpc) is 3.13. The zero-order valence-electron chi connectivity index (χ0n) is 16.4. The van der Waals surface area contributed by atoms with Crippen LogP contribution in [0.4, 0.5) is 0 Å². The van der Waals surface area contributed by atoms with E-state index in [1.807, 2.05) is 7.05 Å². The van der Waals surface area contributed by atoms with Crippen molar-refractivity contribution in [1.82, 2.24) is 20.0 Å². The molecule has 0 aromatic heterocycles. The van der Waals surface area contributed by atoms with Crippen molar-refractivity contribution in [3.8, 4) is 0 Å². The van der Waals surface area contributed by atoms with Crippen LogP contribution in [-0.2, 0) is 4.74 Å². The monoisotopic (exact) mass is 351 g/mol. The summed E-state index contributed by atoms with van der Waals surface area (Å²) in [5.74, 6) is 1.84. The van der Waals surface area contributed by atoms with Gasteiger partial charge < -0.3 is 19.9 Å². The van der Waals surface area contributed by atoms with E-state index in [-0.39, 0.29) is 0 Å². The van der Waals surface area contributed by atoms with Crippen LogP contribution in [0.1, 0.15) is 33.1 Å². The third kappa shape index (κ3) is 5.08. The second kappa shape index (κ2) is 9.19. The summed E-state index contributed by atoms with van der Waals surface area (Å²) in [6, 6.07) is 1.32. The zero-order valence-corrected chi connectivity index (χ0v) is 16.4. The maximum atomic E-state index is 5.49. The van der Waals surface area contributed by atoms with Crippen LogP contribution in [0.5, 0.6) is 0 Å². The Morgan fingerprint density at radius 1 is 1.12 bits per heavy atom. The lowest BCUT2D eigenvalue weighted by atomic mass is 9.97. The Morgan fingerprint density at radius 2 is 1.92 bits per heavy atom. The van der Waals surface area contributed by atoms with E-state index in [9.17, 15) is 0 Å². The molecule has 3 heterocycles. The second-order valence-electron chi connectivity index (χ2n) is 8.06.